The monoisotopic (exact) mass is 265 g/mol. The van der Waals surface area contributed by atoms with E-state index in [4.69, 9.17) is 4.74 Å². The zero-order valence-corrected chi connectivity index (χ0v) is 11.7. The van der Waals surface area contributed by atoms with Crippen molar-refractivity contribution in [3.63, 3.8) is 0 Å². The van der Waals surface area contributed by atoms with Crippen LogP contribution in [-0.4, -0.2) is 30.8 Å². The number of para-hydroxylation sites is 1. The lowest BCUT2D eigenvalue weighted by molar-refractivity contribution is -0.121. The van der Waals surface area contributed by atoms with Gasteiger partial charge in [0.2, 0.25) is 5.91 Å². The summed E-state index contributed by atoms with van der Waals surface area (Å²) in [7, 11) is 1.63. The molecule has 1 atom stereocenters. The molecule has 0 saturated carbocycles. The number of amides is 1. The fourth-order valence-corrected chi connectivity index (χ4v) is 1.83. The van der Waals surface area contributed by atoms with Crippen molar-refractivity contribution < 1.29 is 14.6 Å². The van der Waals surface area contributed by atoms with Crippen LogP contribution in [0.15, 0.2) is 24.3 Å². The number of aryl methyl sites for hydroxylation is 1. The highest BCUT2D eigenvalue weighted by Crippen LogP contribution is 2.18. The number of rotatable bonds is 8. The van der Waals surface area contributed by atoms with Gasteiger partial charge in [0.05, 0.1) is 13.2 Å². The van der Waals surface area contributed by atoms with E-state index in [0.717, 1.165) is 17.7 Å². The van der Waals surface area contributed by atoms with Gasteiger partial charge in [0.25, 0.3) is 0 Å². The first-order chi connectivity index (χ1) is 9.17. The van der Waals surface area contributed by atoms with Gasteiger partial charge in [0, 0.05) is 13.0 Å². The number of methoxy groups -OCH3 is 1. The number of ether oxygens (including phenoxy) is 1. The van der Waals surface area contributed by atoms with Gasteiger partial charge in [-0.15, -0.1) is 0 Å². The summed E-state index contributed by atoms with van der Waals surface area (Å²) >= 11 is 0. The molecule has 0 radical (unpaired) electrons. The van der Waals surface area contributed by atoms with Crippen LogP contribution in [0, 0.1) is 0 Å². The Morgan fingerprint density at radius 3 is 2.84 bits per heavy atom. The molecule has 0 aliphatic carbocycles. The minimum atomic E-state index is -0.325. The second kappa shape index (κ2) is 8.53. The van der Waals surface area contributed by atoms with Crippen molar-refractivity contribution in [2.45, 2.75) is 38.7 Å². The van der Waals surface area contributed by atoms with Gasteiger partial charge >= 0.3 is 0 Å². The molecule has 0 fully saturated rings. The molecule has 0 spiro atoms. The molecule has 1 aromatic carbocycles. The minimum Gasteiger partial charge on any atom is -0.496 e. The fourth-order valence-electron chi connectivity index (χ4n) is 1.83. The van der Waals surface area contributed by atoms with Crippen LogP contribution in [0.5, 0.6) is 5.75 Å². The summed E-state index contributed by atoms with van der Waals surface area (Å²) in [6.07, 6.45) is 2.09. The van der Waals surface area contributed by atoms with E-state index in [2.05, 4.69) is 5.32 Å². The van der Waals surface area contributed by atoms with Crippen LogP contribution in [0.4, 0.5) is 0 Å². The molecule has 4 heteroatoms. The smallest absolute Gasteiger partial charge is 0.220 e. The maximum absolute atomic E-state index is 11.7. The normalized spacial score (nSPS) is 11.9. The molecule has 4 nitrogen and oxygen atoms in total. The van der Waals surface area contributed by atoms with Crippen molar-refractivity contribution >= 4 is 5.91 Å². The number of carbonyl (C=O) groups excluding carboxylic acids is 1. The summed E-state index contributed by atoms with van der Waals surface area (Å²) in [4.78, 5) is 11.7. The van der Waals surface area contributed by atoms with Gasteiger partial charge in [0.1, 0.15) is 5.75 Å². The largest absolute Gasteiger partial charge is 0.496 e. The van der Waals surface area contributed by atoms with E-state index in [9.17, 15) is 9.90 Å². The van der Waals surface area contributed by atoms with Crippen LogP contribution in [0.25, 0.3) is 0 Å². The molecule has 0 aliphatic heterocycles. The Kier molecular flexibility index (Phi) is 6.97. The molecular formula is C15H23NO3. The second-order valence-electron chi connectivity index (χ2n) is 4.51. The van der Waals surface area contributed by atoms with Gasteiger partial charge < -0.3 is 15.2 Å². The number of carbonyl (C=O) groups is 1. The van der Waals surface area contributed by atoms with E-state index < -0.39 is 0 Å². The van der Waals surface area contributed by atoms with Crippen molar-refractivity contribution in [3.8, 4) is 5.75 Å². The molecule has 1 rings (SSSR count). The van der Waals surface area contributed by atoms with Crippen LogP contribution in [0.2, 0.25) is 0 Å². The van der Waals surface area contributed by atoms with E-state index in [1.165, 1.54) is 0 Å². The van der Waals surface area contributed by atoms with Gasteiger partial charge in [-0.3, -0.25) is 4.79 Å². The molecule has 2 N–H and O–H groups in total. The molecule has 0 aliphatic rings. The van der Waals surface area contributed by atoms with E-state index in [-0.39, 0.29) is 12.0 Å². The molecule has 0 bridgehead atoms. The second-order valence-corrected chi connectivity index (χ2v) is 4.51. The van der Waals surface area contributed by atoms with Crippen molar-refractivity contribution in [2.75, 3.05) is 13.7 Å². The maximum Gasteiger partial charge on any atom is 0.220 e. The number of aliphatic hydroxyl groups is 1. The average Bonchev–Trinajstić information content (AvgIpc) is 2.45. The summed E-state index contributed by atoms with van der Waals surface area (Å²) in [6.45, 7) is 2.45. The van der Waals surface area contributed by atoms with Crippen LogP contribution in [0.1, 0.15) is 31.7 Å². The number of nitrogens with one attached hydrogen (secondary N) is 1. The Labute approximate surface area is 114 Å². The van der Waals surface area contributed by atoms with Crippen molar-refractivity contribution in [1.82, 2.24) is 5.32 Å². The Morgan fingerprint density at radius 1 is 1.42 bits per heavy atom. The first-order valence-electron chi connectivity index (χ1n) is 6.74. The Bertz CT molecular complexity index is 393. The third-order valence-electron chi connectivity index (χ3n) is 3.08. The lowest BCUT2D eigenvalue weighted by Gasteiger charge is -2.10. The van der Waals surface area contributed by atoms with Gasteiger partial charge in [-0.25, -0.2) is 0 Å². The molecule has 1 amide bonds. The first kappa shape index (κ1) is 15.5. The molecule has 1 unspecified atom stereocenters. The highest BCUT2D eigenvalue weighted by Gasteiger charge is 2.06. The predicted molar refractivity (Wildman–Crippen MR) is 75.2 cm³/mol. The van der Waals surface area contributed by atoms with E-state index >= 15 is 0 Å². The molecule has 0 aromatic heterocycles. The number of aliphatic hydroxyl groups excluding tert-OH is 1. The van der Waals surface area contributed by atoms with E-state index in [1.807, 2.05) is 31.2 Å². The highest BCUT2D eigenvalue weighted by molar-refractivity contribution is 5.76. The lowest BCUT2D eigenvalue weighted by atomic mass is 10.1. The van der Waals surface area contributed by atoms with Crippen molar-refractivity contribution in [2.24, 2.45) is 0 Å². The quantitative estimate of drug-likeness (QED) is 0.755. The van der Waals surface area contributed by atoms with E-state index in [1.54, 1.807) is 7.11 Å². The zero-order valence-electron chi connectivity index (χ0n) is 11.7. The van der Waals surface area contributed by atoms with Gasteiger partial charge in [-0.1, -0.05) is 25.1 Å². The summed E-state index contributed by atoms with van der Waals surface area (Å²) in [5, 5.41) is 12.2. The van der Waals surface area contributed by atoms with Gasteiger partial charge in [0.15, 0.2) is 0 Å². The summed E-state index contributed by atoms with van der Waals surface area (Å²) in [6, 6.07) is 7.71. The highest BCUT2D eigenvalue weighted by atomic mass is 16.5. The SMILES string of the molecule is CCC(O)CCNC(=O)CCc1ccccc1OC. The Morgan fingerprint density at radius 2 is 2.16 bits per heavy atom. The maximum atomic E-state index is 11.7. The molecule has 1 aromatic rings. The molecular weight excluding hydrogens is 242 g/mol. The summed E-state index contributed by atoms with van der Waals surface area (Å²) in [5.74, 6) is 0.825. The third kappa shape index (κ3) is 5.75. The first-order valence-corrected chi connectivity index (χ1v) is 6.74. The number of hydrogen-bond acceptors (Lipinski definition) is 3. The topological polar surface area (TPSA) is 58.6 Å². The van der Waals surface area contributed by atoms with E-state index in [0.29, 0.717) is 25.8 Å². The predicted octanol–water partition coefficient (Wildman–Crippen LogP) is 1.91. The van der Waals surface area contributed by atoms with Crippen molar-refractivity contribution in [3.05, 3.63) is 29.8 Å². The van der Waals surface area contributed by atoms with Crippen LogP contribution in [-0.2, 0) is 11.2 Å². The standard InChI is InChI=1S/C15H23NO3/c1-3-13(17)10-11-16-15(18)9-8-12-6-4-5-7-14(12)19-2/h4-7,13,17H,3,8-11H2,1-2H3,(H,16,18). The third-order valence-corrected chi connectivity index (χ3v) is 3.08. The summed E-state index contributed by atoms with van der Waals surface area (Å²) in [5.41, 5.74) is 1.04. The Hall–Kier alpha value is -1.55. The average molecular weight is 265 g/mol. The number of hydrogen-bond donors (Lipinski definition) is 2. The Balaban J connectivity index is 2.30. The number of benzene rings is 1. The lowest BCUT2D eigenvalue weighted by Crippen LogP contribution is -2.27. The summed E-state index contributed by atoms with van der Waals surface area (Å²) < 4.78 is 5.24. The van der Waals surface area contributed by atoms with Gasteiger partial charge in [-0.2, -0.15) is 0 Å². The van der Waals surface area contributed by atoms with Crippen LogP contribution >= 0.6 is 0 Å². The molecule has 0 heterocycles. The van der Waals surface area contributed by atoms with Crippen LogP contribution < -0.4 is 10.1 Å². The molecule has 19 heavy (non-hydrogen) atoms. The van der Waals surface area contributed by atoms with Crippen LogP contribution in [0.3, 0.4) is 0 Å². The fraction of sp³-hybridized carbons (Fsp3) is 0.533. The molecule has 106 valence electrons. The van der Waals surface area contributed by atoms with Crippen molar-refractivity contribution in [1.29, 1.82) is 0 Å². The minimum absolute atomic E-state index is 0.00853. The molecule has 0 saturated heterocycles. The van der Waals surface area contributed by atoms with Gasteiger partial charge in [-0.05, 0) is 30.9 Å². The zero-order chi connectivity index (χ0) is 14.1.